The van der Waals surface area contributed by atoms with Gasteiger partial charge in [-0.3, -0.25) is 0 Å². The summed E-state index contributed by atoms with van der Waals surface area (Å²) in [6.07, 6.45) is 1.11. The first-order valence-electron chi connectivity index (χ1n) is 7.07. The van der Waals surface area contributed by atoms with Crippen molar-refractivity contribution in [1.29, 1.82) is 0 Å². The van der Waals surface area contributed by atoms with Gasteiger partial charge in [0.15, 0.2) is 11.5 Å². The molecule has 1 unspecified atom stereocenters. The van der Waals surface area contributed by atoms with Crippen molar-refractivity contribution in [3.05, 3.63) is 53.6 Å². The Bertz CT molecular complexity index is 561. The lowest BCUT2D eigenvalue weighted by atomic mass is 9.93. The lowest BCUT2D eigenvalue weighted by molar-refractivity contribution is 0.376. The summed E-state index contributed by atoms with van der Waals surface area (Å²) >= 11 is 0. The van der Waals surface area contributed by atoms with Gasteiger partial charge >= 0.3 is 0 Å². The molecule has 0 aromatic heterocycles. The number of benzene rings is 2. The smallest absolute Gasteiger partial charge is 0.172 e. The van der Waals surface area contributed by atoms with Crippen LogP contribution >= 0.6 is 0 Å². The van der Waals surface area contributed by atoms with Crippen LogP contribution < -0.4 is 9.47 Å². The van der Waals surface area contributed by atoms with Crippen molar-refractivity contribution >= 4 is 0 Å². The fraction of sp³-hybridized carbons (Fsp3) is 0.333. The minimum atomic E-state index is 0.513. The van der Waals surface area contributed by atoms with Gasteiger partial charge in [0.05, 0.1) is 7.11 Å². The van der Waals surface area contributed by atoms with Crippen LogP contribution in [0.3, 0.4) is 0 Å². The van der Waals surface area contributed by atoms with Crippen LogP contribution in [0.5, 0.6) is 17.2 Å². The zero-order chi connectivity index (χ0) is 14.5. The molecule has 0 aliphatic carbocycles. The van der Waals surface area contributed by atoms with Crippen molar-refractivity contribution in [2.45, 2.75) is 33.1 Å². The maximum absolute atomic E-state index is 6.04. The molecule has 1 atom stereocenters. The molecule has 0 aliphatic rings. The molecule has 0 saturated carbocycles. The van der Waals surface area contributed by atoms with E-state index in [-0.39, 0.29) is 0 Å². The van der Waals surface area contributed by atoms with Crippen LogP contribution in [0, 0.1) is 6.92 Å². The van der Waals surface area contributed by atoms with Crippen LogP contribution in [0.1, 0.15) is 37.3 Å². The molecule has 2 aromatic carbocycles. The Hall–Kier alpha value is -1.96. The van der Waals surface area contributed by atoms with Gasteiger partial charge in [-0.05, 0) is 48.6 Å². The maximum atomic E-state index is 6.04. The van der Waals surface area contributed by atoms with Gasteiger partial charge in [0, 0.05) is 0 Å². The van der Waals surface area contributed by atoms with Gasteiger partial charge in [0.2, 0.25) is 0 Å². The average molecular weight is 270 g/mol. The van der Waals surface area contributed by atoms with Crippen molar-refractivity contribution in [3.8, 4) is 17.2 Å². The second kappa shape index (κ2) is 6.47. The van der Waals surface area contributed by atoms with Gasteiger partial charge in [0.25, 0.3) is 0 Å². The van der Waals surface area contributed by atoms with E-state index in [1.54, 1.807) is 7.11 Å². The van der Waals surface area contributed by atoms with E-state index in [0.717, 1.165) is 29.2 Å². The molecule has 2 aromatic rings. The first-order chi connectivity index (χ1) is 9.67. The molecule has 0 bridgehead atoms. The molecule has 0 spiro atoms. The molecule has 0 fully saturated rings. The highest BCUT2D eigenvalue weighted by molar-refractivity contribution is 5.52. The summed E-state index contributed by atoms with van der Waals surface area (Å²) in [7, 11) is 1.68. The summed E-state index contributed by atoms with van der Waals surface area (Å²) in [5.41, 5.74) is 2.47. The maximum Gasteiger partial charge on any atom is 0.172 e. The summed E-state index contributed by atoms with van der Waals surface area (Å²) in [5.74, 6) is 2.93. The third-order valence-corrected chi connectivity index (χ3v) is 3.74. The first kappa shape index (κ1) is 14.4. The molecule has 20 heavy (non-hydrogen) atoms. The predicted molar refractivity (Wildman–Crippen MR) is 83.0 cm³/mol. The Morgan fingerprint density at radius 1 is 1.05 bits per heavy atom. The number of hydrogen-bond donors (Lipinski definition) is 0. The molecule has 0 radical (unpaired) electrons. The highest BCUT2D eigenvalue weighted by atomic mass is 16.5. The van der Waals surface area contributed by atoms with E-state index in [4.69, 9.17) is 9.47 Å². The number of rotatable bonds is 5. The summed E-state index contributed by atoms with van der Waals surface area (Å²) < 4.78 is 11.5. The topological polar surface area (TPSA) is 18.5 Å². The van der Waals surface area contributed by atoms with Crippen molar-refractivity contribution in [3.63, 3.8) is 0 Å². The number of hydrogen-bond acceptors (Lipinski definition) is 2. The summed E-state index contributed by atoms with van der Waals surface area (Å²) in [4.78, 5) is 0. The number of ether oxygens (including phenoxy) is 2. The molecule has 0 N–H and O–H groups in total. The molecule has 2 heteroatoms. The predicted octanol–water partition coefficient (Wildman–Crippen LogP) is 5.31. The molecular formula is C18H22O2. The van der Waals surface area contributed by atoms with Crippen molar-refractivity contribution < 1.29 is 9.47 Å². The van der Waals surface area contributed by atoms with Crippen LogP contribution in [0.25, 0.3) is 0 Å². The van der Waals surface area contributed by atoms with Gasteiger partial charge < -0.3 is 9.47 Å². The van der Waals surface area contributed by atoms with Crippen LogP contribution in [-0.2, 0) is 0 Å². The van der Waals surface area contributed by atoms with E-state index in [1.165, 1.54) is 5.56 Å². The third-order valence-electron chi connectivity index (χ3n) is 3.74. The van der Waals surface area contributed by atoms with E-state index in [1.807, 2.05) is 36.4 Å². The van der Waals surface area contributed by atoms with Crippen LogP contribution in [-0.4, -0.2) is 7.11 Å². The zero-order valence-corrected chi connectivity index (χ0v) is 12.6. The van der Waals surface area contributed by atoms with Gasteiger partial charge in [0.1, 0.15) is 5.75 Å². The number of methoxy groups -OCH3 is 1. The molecule has 0 heterocycles. The number of para-hydroxylation sites is 1. The van der Waals surface area contributed by atoms with E-state index in [0.29, 0.717) is 5.92 Å². The molecule has 0 aliphatic heterocycles. The molecule has 2 nitrogen and oxygen atoms in total. The summed E-state index contributed by atoms with van der Waals surface area (Å²) in [5, 5.41) is 0. The summed E-state index contributed by atoms with van der Waals surface area (Å²) in [6, 6.07) is 14.0. The zero-order valence-electron chi connectivity index (χ0n) is 12.6. The summed E-state index contributed by atoms with van der Waals surface area (Å²) in [6.45, 7) is 6.54. The quantitative estimate of drug-likeness (QED) is 0.733. The molecule has 106 valence electrons. The Morgan fingerprint density at radius 2 is 1.75 bits per heavy atom. The van der Waals surface area contributed by atoms with Crippen LogP contribution in [0.2, 0.25) is 0 Å². The molecular weight excluding hydrogens is 248 g/mol. The molecule has 0 saturated heterocycles. The SMILES string of the molecule is CCC(C)c1ccc(OC)c(Oc2ccccc2)c1C. The Balaban J connectivity index is 2.43. The minimum Gasteiger partial charge on any atom is -0.493 e. The van der Waals surface area contributed by atoms with E-state index < -0.39 is 0 Å². The Kier molecular flexibility index (Phi) is 4.67. The van der Waals surface area contributed by atoms with E-state index in [9.17, 15) is 0 Å². The second-order valence-electron chi connectivity index (χ2n) is 5.04. The van der Waals surface area contributed by atoms with Gasteiger partial charge in [-0.2, -0.15) is 0 Å². The van der Waals surface area contributed by atoms with Gasteiger partial charge in [-0.25, -0.2) is 0 Å². The van der Waals surface area contributed by atoms with Crippen molar-refractivity contribution in [1.82, 2.24) is 0 Å². The van der Waals surface area contributed by atoms with Crippen LogP contribution in [0.4, 0.5) is 0 Å². The third kappa shape index (κ3) is 2.96. The standard InChI is InChI=1S/C18H22O2/c1-5-13(2)16-11-12-17(19-4)18(14(16)3)20-15-9-7-6-8-10-15/h6-13H,5H2,1-4H3. The molecule has 2 rings (SSSR count). The van der Waals surface area contributed by atoms with Gasteiger partial charge in [-0.15, -0.1) is 0 Å². The van der Waals surface area contributed by atoms with Crippen molar-refractivity contribution in [2.24, 2.45) is 0 Å². The first-order valence-corrected chi connectivity index (χ1v) is 7.07. The van der Waals surface area contributed by atoms with E-state index in [2.05, 4.69) is 26.8 Å². The highest BCUT2D eigenvalue weighted by Crippen LogP contribution is 2.39. The Labute approximate surface area is 121 Å². The fourth-order valence-electron chi connectivity index (χ4n) is 2.33. The van der Waals surface area contributed by atoms with Crippen LogP contribution in [0.15, 0.2) is 42.5 Å². The lowest BCUT2D eigenvalue weighted by Gasteiger charge is -2.19. The second-order valence-corrected chi connectivity index (χ2v) is 5.04. The highest BCUT2D eigenvalue weighted by Gasteiger charge is 2.16. The van der Waals surface area contributed by atoms with Gasteiger partial charge in [-0.1, -0.05) is 38.1 Å². The largest absolute Gasteiger partial charge is 0.493 e. The Morgan fingerprint density at radius 3 is 2.35 bits per heavy atom. The van der Waals surface area contributed by atoms with Crippen molar-refractivity contribution in [2.75, 3.05) is 7.11 Å². The normalized spacial score (nSPS) is 12.0. The fourth-order valence-corrected chi connectivity index (χ4v) is 2.33. The van der Waals surface area contributed by atoms with E-state index >= 15 is 0 Å². The average Bonchev–Trinajstić information content (AvgIpc) is 2.49. The lowest BCUT2D eigenvalue weighted by Crippen LogP contribution is -2.00. The molecule has 0 amide bonds. The monoisotopic (exact) mass is 270 g/mol. The minimum absolute atomic E-state index is 0.513.